The first-order chi connectivity index (χ1) is 30.1. The molecule has 0 spiro atoms. The second kappa shape index (κ2) is 43.9. The summed E-state index contributed by atoms with van der Waals surface area (Å²) in [5, 5.41) is 9.64. The third kappa shape index (κ3) is 41.6. The molecule has 0 aromatic rings. The van der Waals surface area contributed by atoms with Crippen LogP contribution in [0.5, 0.6) is 0 Å². The fourth-order valence-corrected chi connectivity index (χ4v) is 6.48. The van der Waals surface area contributed by atoms with Crippen LogP contribution >= 0.6 is 0 Å². The molecule has 8 nitrogen and oxygen atoms in total. The van der Waals surface area contributed by atoms with Gasteiger partial charge in [0.15, 0.2) is 12.1 Å². The Morgan fingerprint density at radius 3 is 1.37 bits per heavy atom. The number of carboxylic acids is 1. The predicted octanol–water partition coefficient (Wildman–Crippen LogP) is 13.9. The molecular weight excluding hydrogens is 775 g/mol. The van der Waals surface area contributed by atoms with E-state index in [1.807, 2.05) is 21.1 Å². The summed E-state index contributed by atoms with van der Waals surface area (Å²) >= 11 is 0. The highest BCUT2D eigenvalue weighted by Gasteiger charge is 2.31. The Balaban J connectivity index is 4.41. The molecule has 0 aliphatic rings. The zero-order valence-electron chi connectivity index (χ0n) is 40.0. The average Bonchev–Trinajstić information content (AvgIpc) is 3.23. The number of carbonyl (C=O) groups excluding carboxylic acids is 2. The topological polar surface area (TPSA) is 99.1 Å². The first-order valence-electron chi connectivity index (χ1n) is 24.3. The maximum Gasteiger partial charge on any atom is 0.362 e. The van der Waals surface area contributed by atoms with Crippen molar-refractivity contribution in [2.24, 2.45) is 0 Å². The van der Waals surface area contributed by atoms with E-state index in [2.05, 4.69) is 111 Å². The fourth-order valence-electron chi connectivity index (χ4n) is 6.48. The van der Waals surface area contributed by atoms with Gasteiger partial charge in [-0.25, -0.2) is 4.79 Å². The predicted molar refractivity (Wildman–Crippen MR) is 261 cm³/mol. The second-order valence-corrected chi connectivity index (χ2v) is 17.0. The van der Waals surface area contributed by atoms with Gasteiger partial charge < -0.3 is 23.8 Å². The van der Waals surface area contributed by atoms with Crippen LogP contribution in [0.15, 0.2) is 97.2 Å². The number of rotatable bonds is 42. The third-order valence-electron chi connectivity index (χ3n) is 10.2. The number of hydrogen-bond acceptors (Lipinski definition) is 6. The number of carbonyl (C=O) groups is 3. The minimum absolute atomic E-state index is 0.0378. The van der Waals surface area contributed by atoms with Crippen LogP contribution in [0, 0.1) is 0 Å². The highest BCUT2D eigenvalue weighted by molar-refractivity contribution is 5.72. The van der Waals surface area contributed by atoms with Gasteiger partial charge in [-0.05, 0) is 96.3 Å². The van der Waals surface area contributed by atoms with Gasteiger partial charge in [-0.1, -0.05) is 156 Å². The van der Waals surface area contributed by atoms with Gasteiger partial charge in [-0.3, -0.25) is 9.59 Å². The van der Waals surface area contributed by atoms with Crippen molar-refractivity contribution in [2.75, 3.05) is 41.0 Å². The number of nitrogens with zero attached hydrogens (tertiary/aromatic N) is 1. The number of quaternary nitrogens is 1. The van der Waals surface area contributed by atoms with Gasteiger partial charge in [0, 0.05) is 19.3 Å². The number of hydrogen-bond donors (Lipinski definition) is 1. The van der Waals surface area contributed by atoms with Crippen LogP contribution in [0.1, 0.15) is 174 Å². The van der Waals surface area contributed by atoms with Gasteiger partial charge in [0.25, 0.3) is 0 Å². The molecule has 0 saturated heterocycles. The van der Waals surface area contributed by atoms with E-state index in [-0.39, 0.29) is 36.2 Å². The second-order valence-electron chi connectivity index (χ2n) is 17.0. The van der Waals surface area contributed by atoms with Crippen LogP contribution in [0.4, 0.5) is 0 Å². The van der Waals surface area contributed by atoms with Crippen LogP contribution in [-0.2, 0) is 28.6 Å². The first-order valence-corrected chi connectivity index (χ1v) is 24.3. The molecule has 0 rings (SSSR count). The Bertz CT molecular complexity index is 1330. The van der Waals surface area contributed by atoms with Crippen LogP contribution in [0.2, 0.25) is 0 Å². The molecule has 1 N–H and O–H groups in total. The normalized spacial score (nSPS) is 13.8. The largest absolute Gasteiger partial charge is 0.477 e. The van der Waals surface area contributed by atoms with Crippen molar-refractivity contribution in [3.8, 4) is 0 Å². The maximum absolute atomic E-state index is 12.8. The van der Waals surface area contributed by atoms with Crippen molar-refractivity contribution in [2.45, 2.75) is 187 Å². The number of esters is 2. The molecule has 0 saturated carbocycles. The number of allylic oxidation sites excluding steroid dienone is 16. The van der Waals surface area contributed by atoms with Crippen molar-refractivity contribution >= 4 is 17.9 Å². The molecule has 8 heteroatoms. The van der Waals surface area contributed by atoms with E-state index in [4.69, 9.17) is 14.2 Å². The lowest BCUT2D eigenvalue weighted by Crippen LogP contribution is -2.50. The van der Waals surface area contributed by atoms with Crippen molar-refractivity contribution < 1.29 is 38.2 Å². The Morgan fingerprint density at radius 2 is 0.903 bits per heavy atom. The van der Waals surface area contributed by atoms with Gasteiger partial charge in [0.1, 0.15) is 6.61 Å². The Labute approximate surface area is 379 Å². The summed E-state index contributed by atoms with van der Waals surface area (Å²) < 4.78 is 17.3. The molecule has 0 aromatic carbocycles. The van der Waals surface area contributed by atoms with Crippen molar-refractivity contribution in [3.63, 3.8) is 0 Å². The number of carboxylic acid groups (broad SMARTS) is 1. The lowest BCUT2D eigenvalue weighted by Gasteiger charge is -2.31. The fraction of sp³-hybridized carbons (Fsp3) is 0.648. The van der Waals surface area contributed by atoms with Crippen LogP contribution in [0.3, 0.4) is 0 Å². The Morgan fingerprint density at radius 1 is 0.500 bits per heavy atom. The molecule has 0 amide bonds. The van der Waals surface area contributed by atoms with Crippen LogP contribution < -0.4 is 0 Å². The molecule has 2 unspecified atom stereocenters. The highest BCUT2D eigenvalue weighted by Crippen LogP contribution is 2.13. The van der Waals surface area contributed by atoms with Crippen LogP contribution in [-0.4, -0.2) is 80.6 Å². The lowest BCUT2D eigenvalue weighted by atomic mass is 10.1. The molecular formula is C54H90NO7+. The smallest absolute Gasteiger partial charge is 0.362 e. The maximum atomic E-state index is 12.8. The van der Waals surface area contributed by atoms with Crippen molar-refractivity contribution in [1.82, 2.24) is 0 Å². The van der Waals surface area contributed by atoms with Gasteiger partial charge in [-0.2, -0.15) is 0 Å². The van der Waals surface area contributed by atoms with Crippen molar-refractivity contribution in [1.29, 1.82) is 0 Å². The summed E-state index contributed by atoms with van der Waals surface area (Å²) in [7, 11) is 5.51. The number of likely N-dealkylation sites (N-methyl/N-ethyl adjacent to an activating group) is 1. The summed E-state index contributed by atoms with van der Waals surface area (Å²) in [6.45, 7) is 4.53. The zero-order valence-corrected chi connectivity index (χ0v) is 40.0. The summed E-state index contributed by atoms with van der Waals surface area (Å²) in [6, 6.07) is -0.629. The number of ether oxygens (including phenoxy) is 3. The molecule has 352 valence electrons. The molecule has 2 atom stereocenters. The van der Waals surface area contributed by atoms with Crippen molar-refractivity contribution in [3.05, 3.63) is 97.2 Å². The van der Waals surface area contributed by atoms with Gasteiger partial charge in [-0.15, -0.1) is 0 Å². The summed E-state index contributed by atoms with van der Waals surface area (Å²) in [6.07, 6.45) is 58.8. The van der Waals surface area contributed by atoms with E-state index in [0.29, 0.717) is 25.7 Å². The highest BCUT2D eigenvalue weighted by atomic mass is 16.6. The lowest BCUT2D eigenvalue weighted by molar-refractivity contribution is -0.887. The molecule has 0 aromatic heterocycles. The van der Waals surface area contributed by atoms with E-state index < -0.39 is 18.1 Å². The summed E-state index contributed by atoms with van der Waals surface area (Å²) in [4.78, 5) is 37.1. The summed E-state index contributed by atoms with van der Waals surface area (Å²) in [5.74, 6) is -1.54. The molecule has 0 bridgehead atoms. The van der Waals surface area contributed by atoms with Gasteiger partial charge >= 0.3 is 17.9 Å². The van der Waals surface area contributed by atoms with E-state index in [9.17, 15) is 19.5 Å². The number of aliphatic carboxylic acids is 1. The number of unbranched alkanes of at least 4 members (excludes halogenated alkanes) is 12. The SMILES string of the molecule is CC/C=C/C/C=C/C/C=C/C/C=C/C/C=C/C/C=C/CCCCC(=O)OCC(COCCC(C(=O)O)[N+](C)(C)C)OC(=O)CCCCCCCCC/C=C/C/C=C/CCCCC. The van der Waals surface area contributed by atoms with Gasteiger partial charge in [0.2, 0.25) is 0 Å². The minimum atomic E-state index is -0.886. The summed E-state index contributed by atoms with van der Waals surface area (Å²) in [5.41, 5.74) is 0. The molecule has 62 heavy (non-hydrogen) atoms. The van der Waals surface area contributed by atoms with E-state index in [1.165, 1.54) is 44.9 Å². The van der Waals surface area contributed by atoms with Gasteiger partial charge in [0.05, 0.1) is 34.4 Å². The zero-order chi connectivity index (χ0) is 45.6. The van der Waals surface area contributed by atoms with Crippen LogP contribution in [0.25, 0.3) is 0 Å². The quantitative estimate of drug-likeness (QED) is 0.0282. The molecule has 0 fully saturated rings. The minimum Gasteiger partial charge on any atom is -0.477 e. The molecule has 0 aliphatic heterocycles. The monoisotopic (exact) mass is 865 g/mol. The standard InChI is InChI=1S/C54H89NO7/c1-6-8-10-12-14-16-18-20-22-24-25-26-27-29-30-32-34-36-38-40-42-44-52(56)61-49-50(48-60-47-46-51(54(58)59)55(3,4)5)62-53(57)45-43-41-39-37-35-33-31-28-23-21-19-17-15-13-11-9-7-2/h8,10,14-17,20-23,25-26,29-30,34,36,50-51H,6-7,9,11-13,18-19,24,27-28,31-33,35,37-49H2,1-5H3/p+1/b10-8+,16-14+,17-15+,22-20+,23-21+,26-25+,30-29+,36-34+. The average molecular weight is 865 g/mol. The molecule has 0 heterocycles. The Kier molecular flexibility index (Phi) is 41.2. The molecule has 0 radical (unpaired) electrons. The first kappa shape index (κ1) is 58.2. The Hall–Kier alpha value is -3.75. The molecule has 0 aliphatic carbocycles. The van der Waals surface area contributed by atoms with E-state index >= 15 is 0 Å². The van der Waals surface area contributed by atoms with E-state index in [1.54, 1.807) is 0 Å². The third-order valence-corrected chi connectivity index (χ3v) is 10.2. The van der Waals surface area contributed by atoms with E-state index in [0.717, 1.165) is 89.9 Å².